The number of carbonyl (C=O) groups is 1. The molecule has 7 N–H and O–H groups in total. The Kier molecular flexibility index (Phi) is 11.1. The summed E-state index contributed by atoms with van der Waals surface area (Å²) in [6.07, 6.45) is 8.82. The molecule has 42 heavy (non-hydrogen) atoms. The first-order valence-corrected chi connectivity index (χ1v) is 17.0. The van der Waals surface area contributed by atoms with Gasteiger partial charge in [-0.1, -0.05) is 6.42 Å². The molecule has 0 aromatic rings. The number of Topliss-reactive ketones (excluding diaryl/α,β-unsaturated/α-hetero) is 1. The lowest BCUT2D eigenvalue weighted by molar-refractivity contribution is -0.152. The number of ether oxygens (including phenoxy) is 2. The van der Waals surface area contributed by atoms with Crippen LogP contribution in [0.3, 0.4) is 0 Å². The molecule has 5 aliphatic rings. The molecule has 0 aromatic heterocycles. The molecule has 0 spiro atoms. The number of nitrogens with two attached hydrogens (primary N) is 1. The van der Waals surface area contributed by atoms with Crippen LogP contribution in [0.4, 0.5) is 0 Å². The van der Waals surface area contributed by atoms with Crippen LogP contribution < -0.4 is 11.1 Å². The second kappa shape index (κ2) is 14.2. The van der Waals surface area contributed by atoms with E-state index in [1.54, 1.807) is 14.2 Å². The fourth-order valence-electron chi connectivity index (χ4n) is 10.6. The van der Waals surface area contributed by atoms with Crippen molar-refractivity contribution >= 4 is 5.78 Å². The van der Waals surface area contributed by atoms with E-state index in [1.807, 2.05) is 0 Å². The second-order valence-corrected chi connectivity index (χ2v) is 14.6. The summed E-state index contributed by atoms with van der Waals surface area (Å²) in [5.41, 5.74) is 6.42. The number of ketones is 1. The van der Waals surface area contributed by atoms with Gasteiger partial charge in [0.05, 0.1) is 36.7 Å². The van der Waals surface area contributed by atoms with Crippen LogP contribution in [-0.4, -0.2) is 89.8 Å². The van der Waals surface area contributed by atoms with Crippen molar-refractivity contribution < 1.29 is 34.7 Å². The average molecular weight is 595 g/mol. The maximum atomic E-state index is 14.5. The van der Waals surface area contributed by atoms with Crippen molar-refractivity contribution in [2.75, 3.05) is 20.8 Å². The van der Waals surface area contributed by atoms with Gasteiger partial charge in [-0.15, -0.1) is 0 Å². The van der Waals surface area contributed by atoms with Crippen molar-refractivity contribution in [1.82, 2.24) is 5.32 Å². The zero-order valence-electron chi connectivity index (χ0n) is 25.9. The van der Waals surface area contributed by atoms with Gasteiger partial charge in [0, 0.05) is 26.6 Å². The molecule has 1 saturated heterocycles. The van der Waals surface area contributed by atoms with Gasteiger partial charge in [-0.2, -0.15) is 0 Å². The number of aliphatic hydroxyl groups is 4. The topological polar surface area (TPSA) is 154 Å². The van der Waals surface area contributed by atoms with Gasteiger partial charge in [-0.3, -0.25) is 4.79 Å². The van der Waals surface area contributed by atoms with Crippen LogP contribution in [0.5, 0.6) is 0 Å². The predicted molar refractivity (Wildman–Crippen MR) is 159 cm³/mol. The Morgan fingerprint density at radius 2 is 1.69 bits per heavy atom. The number of methoxy groups -OCH3 is 2. The molecule has 14 atom stereocenters. The summed E-state index contributed by atoms with van der Waals surface area (Å²) < 4.78 is 11.0. The lowest BCUT2D eigenvalue weighted by Crippen LogP contribution is -2.62. The van der Waals surface area contributed by atoms with Gasteiger partial charge in [0.25, 0.3) is 0 Å². The highest BCUT2D eigenvalue weighted by Gasteiger charge is 2.61. The molecule has 9 nitrogen and oxygen atoms in total. The third-order valence-electron chi connectivity index (χ3n) is 12.6. The smallest absolute Gasteiger partial charge is 0.139 e. The average Bonchev–Trinajstić information content (AvgIpc) is 3.42. The molecule has 242 valence electrons. The maximum Gasteiger partial charge on any atom is 0.139 e. The minimum Gasteiger partial charge on any atom is -0.392 e. The van der Waals surface area contributed by atoms with Gasteiger partial charge in [-0.05, 0) is 125 Å². The Balaban J connectivity index is 1.35. The van der Waals surface area contributed by atoms with E-state index in [2.05, 4.69) is 5.32 Å². The summed E-state index contributed by atoms with van der Waals surface area (Å²) >= 11 is 0. The fraction of sp³-hybridized carbons (Fsp3) is 0.970. The van der Waals surface area contributed by atoms with Crippen molar-refractivity contribution in [3.63, 3.8) is 0 Å². The summed E-state index contributed by atoms with van der Waals surface area (Å²) in [5, 5.41) is 46.6. The van der Waals surface area contributed by atoms with Crippen molar-refractivity contribution in [3.05, 3.63) is 0 Å². The monoisotopic (exact) mass is 594 g/mol. The van der Waals surface area contributed by atoms with Gasteiger partial charge in [0.1, 0.15) is 11.9 Å². The van der Waals surface area contributed by atoms with E-state index >= 15 is 0 Å². The number of hydrogen-bond acceptors (Lipinski definition) is 9. The molecule has 5 rings (SSSR count). The molecule has 0 bridgehead atoms. The van der Waals surface area contributed by atoms with Gasteiger partial charge >= 0.3 is 0 Å². The van der Waals surface area contributed by atoms with Crippen LogP contribution in [0.15, 0.2) is 0 Å². The predicted octanol–water partition coefficient (Wildman–Crippen LogP) is 2.51. The van der Waals surface area contributed by atoms with Crippen LogP contribution in [0.2, 0.25) is 0 Å². The summed E-state index contributed by atoms with van der Waals surface area (Å²) in [5.74, 6) is 1.34. The van der Waals surface area contributed by atoms with Crippen molar-refractivity contribution in [1.29, 1.82) is 0 Å². The maximum absolute atomic E-state index is 14.5. The molecule has 14 unspecified atom stereocenters. The lowest BCUT2D eigenvalue weighted by atomic mass is 9.48. The Labute approximate surface area is 252 Å². The minimum absolute atomic E-state index is 0.0594. The highest BCUT2D eigenvalue weighted by Crippen LogP contribution is 2.64. The van der Waals surface area contributed by atoms with E-state index in [-0.39, 0.29) is 29.4 Å². The van der Waals surface area contributed by atoms with Crippen molar-refractivity contribution in [2.45, 2.75) is 139 Å². The first-order chi connectivity index (χ1) is 20.2. The number of piperidine rings is 1. The molecule has 5 fully saturated rings. The number of fused-ring (bicyclic) bond motifs is 3. The van der Waals surface area contributed by atoms with E-state index in [9.17, 15) is 25.2 Å². The summed E-state index contributed by atoms with van der Waals surface area (Å²) in [7, 11) is 3.22. The zero-order chi connectivity index (χ0) is 30.0. The highest BCUT2D eigenvalue weighted by atomic mass is 16.5. The van der Waals surface area contributed by atoms with Crippen LogP contribution in [0.1, 0.15) is 96.3 Å². The molecular weight excluding hydrogens is 536 g/mol. The van der Waals surface area contributed by atoms with Crippen molar-refractivity contribution in [3.8, 4) is 0 Å². The summed E-state index contributed by atoms with van der Waals surface area (Å²) in [6, 6.07) is 0. The number of carbonyl (C=O) groups excluding carboxylic acids is 1. The molecule has 1 heterocycles. The van der Waals surface area contributed by atoms with Gasteiger partial charge in [0.15, 0.2) is 0 Å². The second-order valence-electron chi connectivity index (χ2n) is 14.6. The molecule has 1 aliphatic heterocycles. The standard InChI is InChI=1S/C33H58N2O7/c1-41-28-17-19(5-10-24(28)36)6-11-25(37)30(26(38)12-7-20-16-27(39)31(40)29(18-20)42-2)33-14-3-4-21(33)8-9-22-23(33)13-15-35-32(22)34/h19-25,27-32,35-37,39-40H,3-18,34H2,1-2H3. The van der Waals surface area contributed by atoms with Crippen LogP contribution in [0.25, 0.3) is 0 Å². The van der Waals surface area contributed by atoms with Crippen LogP contribution in [0, 0.1) is 40.9 Å². The van der Waals surface area contributed by atoms with E-state index in [0.29, 0.717) is 62.2 Å². The Morgan fingerprint density at radius 1 is 0.929 bits per heavy atom. The Morgan fingerprint density at radius 3 is 2.45 bits per heavy atom. The number of hydrogen-bond donors (Lipinski definition) is 6. The minimum atomic E-state index is -0.892. The zero-order valence-corrected chi connectivity index (χ0v) is 25.9. The van der Waals surface area contributed by atoms with E-state index in [0.717, 1.165) is 64.3 Å². The van der Waals surface area contributed by atoms with E-state index in [1.165, 1.54) is 0 Å². The first-order valence-electron chi connectivity index (χ1n) is 17.0. The number of nitrogens with one attached hydrogen (secondary N) is 1. The van der Waals surface area contributed by atoms with Gasteiger partial charge < -0.3 is 41.0 Å². The Hall–Kier alpha value is -0.650. The lowest BCUT2D eigenvalue weighted by Gasteiger charge is -2.57. The van der Waals surface area contributed by atoms with Crippen LogP contribution >= 0.6 is 0 Å². The third-order valence-corrected chi connectivity index (χ3v) is 12.6. The molecular formula is C33H58N2O7. The SMILES string of the molecule is COC1CC(CCC(O)C(C(=O)CCC2CC(O)C(O)C(OC)C2)C23CCCC2CCC2C(N)NCCC23)CCC1O. The Bertz CT molecular complexity index is 892. The van der Waals surface area contributed by atoms with Gasteiger partial charge in [-0.25, -0.2) is 0 Å². The fourth-order valence-corrected chi connectivity index (χ4v) is 10.6. The molecule has 9 heteroatoms. The molecule has 0 radical (unpaired) electrons. The van der Waals surface area contributed by atoms with E-state index in [4.69, 9.17) is 15.2 Å². The molecule has 4 saturated carbocycles. The molecule has 0 amide bonds. The van der Waals surface area contributed by atoms with E-state index < -0.39 is 36.4 Å². The normalized spacial score (nSPS) is 45.5. The summed E-state index contributed by atoms with van der Waals surface area (Å²) in [6.45, 7) is 0.858. The molecule has 4 aliphatic carbocycles. The van der Waals surface area contributed by atoms with Crippen LogP contribution in [-0.2, 0) is 14.3 Å². The van der Waals surface area contributed by atoms with Crippen molar-refractivity contribution in [2.24, 2.45) is 46.7 Å². The number of aliphatic hydroxyl groups excluding tert-OH is 4. The highest BCUT2D eigenvalue weighted by molar-refractivity contribution is 5.82. The quantitative estimate of drug-likeness (QED) is 0.212. The summed E-state index contributed by atoms with van der Waals surface area (Å²) in [4.78, 5) is 14.5. The number of rotatable bonds is 11. The third kappa shape index (κ3) is 6.50. The molecule has 0 aromatic carbocycles. The van der Waals surface area contributed by atoms with Gasteiger partial charge in [0.2, 0.25) is 0 Å². The largest absolute Gasteiger partial charge is 0.392 e. The first kappa shape index (κ1) is 32.7.